The van der Waals surface area contributed by atoms with Gasteiger partial charge in [0.05, 0.1) is 18.1 Å². The standard InChI is InChI=1S/C10H14N2O2.C6H10N2O.ClH/c1-3-12(10(13)8-4-5-8)9-6-11-14-7(9)2;1-3-7-6-4-8-9-5(6)2;/h6,8H,3-5H2,1-2H3;4,7H,3H2,1-2H3;1H. The van der Waals surface area contributed by atoms with Crippen LogP contribution < -0.4 is 10.2 Å². The largest absolute Gasteiger partial charge is 0.381 e. The van der Waals surface area contributed by atoms with Gasteiger partial charge in [-0.3, -0.25) is 4.79 Å². The van der Waals surface area contributed by atoms with Gasteiger partial charge >= 0.3 is 0 Å². The lowest BCUT2D eigenvalue weighted by Gasteiger charge is -2.18. The van der Waals surface area contributed by atoms with Crippen LogP contribution in [0.3, 0.4) is 0 Å². The van der Waals surface area contributed by atoms with E-state index >= 15 is 0 Å². The van der Waals surface area contributed by atoms with E-state index in [2.05, 4.69) is 15.6 Å². The molecule has 0 spiro atoms. The van der Waals surface area contributed by atoms with Crippen LogP contribution in [-0.2, 0) is 4.79 Å². The van der Waals surface area contributed by atoms with Gasteiger partial charge in [0, 0.05) is 19.0 Å². The Labute approximate surface area is 148 Å². The number of halogens is 1. The number of amides is 1. The van der Waals surface area contributed by atoms with Crippen molar-refractivity contribution in [3.05, 3.63) is 23.9 Å². The van der Waals surface area contributed by atoms with Gasteiger partial charge in [0.1, 0.15) is 5.69 Å². The molecular weight excluding hydrogens is 332 g/mol. The number of nitrogens with one attached hydrogen (secondary N) is 1. The highest BCUT2D eigenvalue weighted by molar-refractivity contribution is 5.96. The molecule has 24 heavy (non-hydrogen) atoms. The van der Waals surface area contributed by atoms with E-state index in [1.165, 1.54) is 0 Å². The lowest BCUT2D eigenvalue weighted by atomic mass is 10.3. The van der Waals surface area contributed by atoms with Gasteiger partial charge < -0.3 is 19.3 Å². The zero-order valence-corrected chi connectivity index (χ0v) is 15.4. The Balaban J connectivity index is 0.000000252. The third kappa shape index (κ3) is 4.99. The van der Waals surface area contributed by atoms with Crippen LogP contribution in [0, 0.1) is 19.8 Å². The molecule has 0 unspecified atom stereocenters. The maximum atomic E-state index is 11.8. The predicted octanol–water partition coefficient (Wildman–Crippen LogP) is 3.58. The monoisotopic (exact) mass is 356 g/mol. The van der Waals surface area contributed by atoms with Crippen molar-refractivity contribution in [3.8, 4) is 0 Å². The van der Waals surface area contributed by atoms with Gasteiger partial charge in [-0.05, 0) is 40.5 Å². The zero-order valence-electron chi connectivity index (χ0n) is 14.5. The van der Waals surface area contributed by atoms with Crippen LogP contribution in [0.1, 0.15) is 38.2 Å². The minimum Gasteiger partial charge on any atom is -0.381 e. The van der Waals surface area contributed by atoms with E-state index < -0.39 is 0 Å². The second kappa shape index (κ2) is 9.32. The number of hydrogen-bond donors (Lipinski definition) is 1. The summed E-state index contributed by atoms with van der Waals surface area (Å²) in [6.07, 6.45) is 5.34. The molecule has 2 aromatic rings. The highest BCUT2D eigenvalue weighted by atomic mass is 35.5. The fourth-order valence-electron chi connectivity index (χ4n) is 2.21. The first-order valence-corrected chi connectivity index (χ1v) is 7.96. The molecule has 0 atom stereocenters. The summed E-state index contributed by atoms with van der Waals surface area (Å²) in [5, 5.41) is 10.4. The van der Waals surface area contributed by atoms with Crippen molar-refractivity contribution in [1.82, 2.24) is 10.3 Å². The molecule has 0 aromatic carbocycles. The molecule has 1 saturated carbocycles. The van der Waals surface area contributed by atoms with Crippen molar-refractivity contribution in [2.75, 3.05) is 23.3 Å². The van der Waals surface area contributed by atoms with E-state index in [1.54, 1.807) is 17.3 Å². The van der Waals surface area contributed by atoms with Crippen LogP contribution in [-0.4, -0.2) is 29.3 Å². The number of rotatable bonds is 5. The fraction of sp³-hybridized carbons (Fsp3) is 0.562. The molecule has 2 heterocycles. The maximum absolute atomic E-state index is 11.8. The Morgan fingerprint density at radius 3 is 2.25 bits per heavy atom. The third-order valence-corrected chi connectivity index (χ3v) is 3.64. The number of hydrogen-bond acceptors (Lipinski definition) is 6. The molecule has 1 aliphatic rings. The van der Waals surface area contributed by atoms with E-state index in [4.69, 9.17) is 9.05 Å². The molecule has 2 aromatic heterocycles. The topological polar surface area (TPSA) is 84.4 Å². The first kappa shape index (κ1) is 20.0. The first-order valence-electron chi connectivity index (χ1n) is 7.96. The second-order valence-corrected chi connectivity index (χ2v) is 5.45. The Morgan fingerprint density at radius 1 is 1.21 bits per heavy atom. The van der Waals surface area contributed by atoms with Gasteiger partial charge in [0.15, 0.2) is 11.5 Å². The fourth-order valence-corrected chi connectivity index (χ4v) is 2.21. The van der Waals surface area contributed by atoms with Crippen LogP contribution >= 0.6 is 12.4 Å². The average Bonchev–Trinajstić information content (AvgIpc) is 3.20. The van der Waals surface area contributed by atoms with Gasteiger partial charge in [0.25, 0.3) is 0 Å². The molecule has 0 bridgehead atoms. The minimum atomic E-state index is 0. The molecule has 0 radical (unpaired) electrons. The molecular formula is C16H25ClN4O3. The summed E-state index contributed by atoms with van der Waals surface area (Å²) in [6.45, 7) is 9.29. The highest BCUT2D eigenvalue weighted by Gasteiger charge is 2.34. The number of anilines is 2. The minimum absolute atomic E-state index is 0. The Morgan fingerprint density at radius 2 is 1.83 bits per heavy atom. The van der Waals surface area contributed by atoms with Crippen molar-refractivity contribution < 1.29 is 13.8 Å². The van der Waals surface area contributed by atoms with E-state index in [9.17, 15) is 4.79 Å². The van der Waals surface area contributed by atoms with E-state index in [0.717, 1.165) is 36.5 Å². The summed E-state index contributed by atoms with van der Waals surface area (Å²) >= 11 is 0. The smallest absolute Gasteiger partial charge is 0.230 e. The van der Waals surface area contributed by atoms with Crippen molar-refractivity contribution >= 4 is 29.7 Å². The van der Waals surface area contributed by atoms with Crippen LogP contribution in [0.5, 0.6) is 0 Å². The molecule has 1 fully saturated rings. The van der Waals surface area contributed by atoms with Gasteiger partial charge in [-0.1, -0.05) is 10.3 Å². The van der Waals surface area contributed by atoms with Crippen molar-refractivity contribution in [2.45, 2.75) is 40.5 Å². The molecule has 134 valence electrons. The number of nitrogens with zero attached hydrogens (tertiary/aromatic N) is 3. The molecule has 1 aliphatic carbocycles. The SMILES string of the molecule is CCN(C(=O)C1CC1)c1cnoc1C.CCNc1cnoc1C.Cl. The molecule has 1 amide bonds. The summed E-state index contributed by atoms with van der Waals surface area (Å²) in [4.78, 5) is 13.6. The summed E-state index contributed by atoms with van der Waals surface area (Å²) in [5.74, 6) is 2.00. The van der Waals surface area contributed by atoms with E-state index in [-0.39, 0.29) is 24.2 Å². The van der Waals surface area contributed by atoms with E-state index in [1.807, 2.05) is 27.7 Å². The molecule has 7 nitrogen and oxygen atoms in total. The lowest BCUT2D eigenvalue weighted by molar-refractivity contribution is -0.119. The number of carbonyl (C=O) groups excluding carboxylic acids is 1. The maximum Gasteiger partial charge on any atom is 0.230 e. The number of aryl methyl sites for hydroxylation is 2. The van der Waals surface area contributed by atoms with Crippen molar-refractivity contribution in [2.24, 2.45) is 5.92 Å². The predicted molar refractivity (Wildman–Crippen MR) is 94.6 cm³/mol. The summed E-state index contributed by atoms with van der Waals surface area (Å²) in [6, 6.07) is 0. The van der Waals surface area contributed by atoms with Gasteiger partial charge in [-0.2, -0.15) is 0 Å². The van der Waals surface area contributed by atoms with Crippen LogP contribution in [0.25, 0.3) is 0 Å². The van der Waals surface area contributed by atoms with Crippen molar-refractivity contribution in [1.29, 1.82) is 0 Å². The quantitative estimate of drug-likeness (QED) is 0.881. The van der Waals surface area contributed by atoms with Crippen molar-refractivity contribution in [3.63, 3.8) is 0 Å². The summed E-state index contributed by atoms with van der Waals surface area (Å²) in [7, 11) is 0. The molecule has 1 N–H and O–H groups in total. The Bertz CT molecular complexity index is 637. The molecule has 0 saturated heterocycles. The van der Waals surface area contributed by atoms with E-state index in [0.29, 0.717) is 12.3 Å². The van der Waals surface area contributed by atoms with Crippen LogP contribution in [0.15, 0.2) is 21.4 Å². The molecule has 8 heteroatoms. The average molecular weight is 357 g/mol. The van der Waals surface area contributed by atoms with Crippen LogP contribution in [0.2, 0.25) is 0 Å². The number of aromatic nitrogens is 2. The number of carbonyl (C=O) groups is 1. The normalized spacial score (nSPS) is 12.7. The first-order chi connectivity index (χ1) is 11.1. The lowest BCUT2D eigenvalue weighted by Crippen LogP contribution is -2.32. The highest BCUT2D eigenvalue weighted by Crippen LogP contribution is 2.33. The molecule has 0 aliphatic heterocycles. The van der Waals surface area contributed by atoms with Gasteiger partial charge in [-0.25, -0.2) is 0 Å². The van der Waals surface area contributed by atoms with Gasteiger partial charge in [-0.15, -0.1) is 12.4 Å². The van der Waals surface area contributed by atoms with Crippen LogP contribution in [0.4, 0.5) is 11.4 Å². The third-order valence-electron chi connectivity index (χ3n) is 3.64. The Kier molecular flexibility index (Phi) is 7.78. The second-order valence-electron chi connectivity index (χ2n) is 5.45. The summed E-state index contributed by atoms with van der Waals surface area (Å²) in [5.41, 5.74) is 1.79. The Hall–Kier alpha value is -2.02. The van der Waals surface area contributed by atoms with Gasteiger partial charge in [0.2, 0.25) is 5.91 Å². The zero-order chi connectivity index (χ0) is 16.8. The molecule has 3 rings (SSSR count). The summed E-state index contributed by atoms with van der Waals surface area (Å²) < 4.78 is 9.76.